The lowest BCUT2D eigenvalue weighted by atomic mass is 10.0. The van der Waals surface area contributed by atoms with Gasteiger partial charge in [-0.05, 0) is 80.8 Å². The van der Waals surface area contributed by atoms with E-state index < -0.39 is 0 Å². The van der Waals surface area contributed by atoms with E-state index in [9.17, 15) is 4.79 Å². The van der Waals surface area contributed by atoms with Crippen LogP contribution in [0.4, 0.5) is 0 Å². The summed E-state index contributed by atoms with van der Waals surface area (Å²) in [6, 6.07) is 21.3. The topological polar surface area (TPSA) is 49.0 Å². The first kappa shape index (κ1) is 23.8. The van der Waals surface area contributed by atoms with Crippen LogP contribution in [0.3, 0.4) is 0 Å². The van der Waals surface area contributed by atoms with Crippen molar-refractivity contribution in [1.82, 2.24) is 9.47 Å². The largest absolute Gasteiger partial charge is 0.342 e. The Morgan fingerprint density at radius 3 is 2.50 bits per heavy atom. The van der Waals surface area contributed by atoms with Crippen LogP contribution in [-0.2, 0) is 17.6 Å². The summed E-state index contributed by atoms with van der Waals surface area (Å²) in [5.41, 5.74) is 8.03. The number of amides is 1. The maximum atomic E-state index is 13.1. The number of rotatable bonds is 10. The van der Waals surface area contributed by atoms with Crippen molar-refractivity contribution in [2.75, 3.05) is 13.1 Å². The molecule has 4 rings (SSSR count). The van der Waals surface area contributed by atoms with Crippen LogP contribution in [0.15, 0.2) is 54.6 Å². The van der Waals surface area contributed by atoms with Crippen LogP contribution in [0.2, 0.25) is 0 Å². The van der Waals surface area contributed by atoms with Gasteiger partial charge in [0.1, 0.15) is 0 Å². The fourth-order valence-electron chi connectivity index (χ4n) is 4.74. The molecule has 1 amide bonds. The first-order valence-corrected chi connectivity index (χ1v) is 12.5. The molecule has 0 saturated heterocycles. The van der Waals surface area contributed by atoms with Gasteiger partial charge in [-0.25, -0.2) is 0 Å². The monoisotopic (exact) mass is 453 g/mol. The van der Waals surface area contributed by atoms with Crippen LogP contribution in [0, 0.1) is 31.1 Å². The molecule has 0 radical (unpaired) electrons. The number of hydrogen-bond donors (Lipinski definition) is 0. The number of carbonyl (C=O) groups is 1. The molecule has 4 nitrogen and oxygen atoms in total. The number of benzene rings is 2. The second kappa shape index (κ2) is 10.7. The number of aromatic nitrogens is 1. The molecule has 1 heterocycles. The second-order valence-electron chi connectivity index (χ2n) is 9.65. The molecule has 4 heteroatoms. The van der Waals surface area contributed by atoms with Gasteiger partial charge in [-0.15, -0.1) is 0 Å². The molecule has 34 heavy (non-hydrogen) atoms. The Balaban J connectivity index is 1.64. The molecule has 0 aliphatic heterocycles. The van der Waals surface area contributed by atoms with Crippen LogP contribution in [0.1, 0.15) is 55.0 Å². The van der Waals surface area contributed by atoms with E-state index >= 15 is 0 Å². The third-order valence-electron chi connectivity index (χ3n) is 6.71. The first-order chi connectivity index (χ1) is 16.5. The summed E-state index contributed by atoms with van der Waals surface area (Å²) in [6.07, 6.45) is 5.16. The summed E-state index contributed by atoms with van der Waals surface area (Å²) in [4.78, 5) is 15.2. The highest BCUT2D eigenvalue weighted by molar-refractivity contribution is 5.76. The van der Waals surface area contributed by atoms with Crippen LogP contribution < -0.4 is 0 Å². The van der Waals surface area contributed by atoms with Gasteiger partial charge in [-0.2, -0.15) is 5.26 Å². The predicted octanol–water partition coefficient (Wildman–Crippen LogP) is 6.41. The van der Waals surface area contributed by atoms with Gasteiger partial charge in [0, 0.05) is 36.5 Å². The second-order valence-corrected chi connectivity index (χ2v) is 9.65. The minimum absolute atomic E-state index is 0.263. The maximum Gasteiger partial charge on any atom is 0.222 e. The number of carbonyl (C=O) groups excluding carboxylic acids is 1. The molecule has 0 atom stereocenters. The average molecular weight is 454 g/mol. The highest BCUT2D eigenvalue weighted by atomic mass is 16.2. The highest BCUT2D eigenvalue weighted by Gasteiger charge is 2.26. The fourth-order valence-corrected chi connectivity index (χ4v) is 4.74. The highest BCUT2D eigenvalue weighted by Crippen LogP contribution is 2.32. The summed E-state index contributed by atoms with van der Waals surface area (Å²) >= 11 is 0. The van der Waals surface area contributed by atoms with E-state index in [1.807, 2.05) is 12.1 Å². The molecule has 1 aliphatic carbocycles. The van der Waals surface area contributed by atoms with Crippen LogP contribution in [0.25, 0.3) is 16.9 Å². The molecule has 0 unspecified atom stereocenters. The molecule has 3 aromatic rings. The number of hydrogen-bond acceptors (Lipinski definition) is 2. The van der Waals surface area contributed by atoms with Gasteiger partial charge in [0.05, 0.1) is 18.2 Å². The van der Waals surface area contributed by atoms with Crippen LogP contribution >= 0.6 is 0 Å². The van der Waals surface area contributed by atoms with E-state index in [-0.39, 0.29) is 5.91 Å². The molecule has 1 saturated carbocycles. The molecular formula is C30H35N3O. The van der Waals surface area contributed by atoms with Gasteiger partial charge in [-0.1, -0.05) is 42.8 Å². The van der Waals surface area contributed by atoms with Gasteiger partial charge >= 0.3 is 0 Å². The van der Waals surface area contributed by atoms with E-state index in [1.54, 1.807) is 0 Å². The summed E-state index contributed by atoms with van der Waals surface area (Å²) in [7, 11) is 0. The minimum Gasteiger partial charge on any atom is -0.342 e. The Kier molecular flexibility index (Phi) is 7.53. The number of nitriles is 1. The lowest BCUT2D eigenvalue weighted by Gasteiger charge is -2.22. The molecule has 1 fully saturated rings. The third-order valence-corrected chi connectivity index (χ3v) is 6.71. The zero-order valence-electron chi connectivity index (χ0n) is 20.7. The Morgan fingerprint density at radius 2 is 1.85 bits per heavy atom. The molecular weight excluding hydrogens is 418 g/mol. The molecule has 0 spiro atoms. The zero-order chi connectivity index (χ0) is 24.1. The number of nitrogens with zero attached hydrogens (tertiary/aromatic N) is 3. The Morgan fingerprint density at radius 1 is 1.09 bits per heavy atom. The molecule has 0 N–H and O–H groups in total. The van der Waals surface area contributed by atoms with Crippen molar-refractivity contribution in [3.05, 3.63) is 77.0 Å². The molecule has 1 aliphatic rings. The SMILES string of the molecule is CCCN(CC1CC1)C(=O)CCc1ccc(-c2ccc(C)cc2C)n1-c1ccc(CC#N)cc1. The van der Waals surface area contributed by atoms with E-state index in [1.165, 1.54) is 29.5 Å². The van der Waals surface area contributed by atoms with Gasteiger partial charge in [0.25, 0.3) is 0 Å². The molecule has 1 aromatic heterocycles. The lowest BCUT2D eigenvalue weighted by Crippen LogP contribution is -2.33. The predicted molar refractivity (Wildman–Crippen MR) is 138 cm³/mol. The summed E-state index contributed by atoms with van der Waals surface area (Å²) in [5.74, 6) is 0.973. The zero-order valence-corrected chi connectivity index (χ0v) is 20.7. The van der Waals surface area contributed by atoms with E-state index in [0.717, 1.165) is 42.1 Å². The molecule has 2 aromatic carbocycles. The van der Waals surface area contributed by atoms with E-state index in [0.29, 0.717) is 25.2 Å². The first-order valence-electron chi connectivity index (χ1n) is 12.5. The van der Waals surface area contributed by atoms with Gasteiger partial charge in [-0.3, -0.25) is 4.79 Å². The average Bonchev–Trinajstić information content (AvgIpc) is 3.55. The molecule has 0 bridgehead atoms. The van der Waals surface area contributed by atoms with Crippen LogP contribution in [0.5, 0.6) is 0 Å². The fraction of sp³-hybridized carbons (Fsp3) is 0.400. The summed E-state index contributed by atoms with van der Waals surface area (Å²) < 4.78 is 2.28. The maximum absolute atomic E-state index is 13.1. The lowest BCUT2D eigenvalue weighted by molar-refractivity contribution is -0.131. The van der Waals surface area contributed by atoms with E-state index in [2.05, 4.69) is 78.8 Å². The van der Waals surface area contributed by atoms with Gasteiger partial charge < -0.3 is 9.47 Å². The summed E-state index contributed by atoms with van der Waals surface area (Å²) in [6.45, 7) is 8.18. The quantitative estimate of drug-likeness (QED) is 0.356. The summed E-state index contributed by atoms with van der Waals surface area (Å²) in [5, 5.41) is 9.04. The standard InChI is InChI=1S/C30H35N3O/c1-4-19-32(21-25-6-7-25)30(34)16-13-27-12-15-29(28-14-5-22(2)20-23(28)3)33(27)26-10-8-24(9-11-26)17-18-31/h5,8-12,14-15,20,25H,4,6-7,13,16-17,19,21H2,1-3H3. The third kappa shape index (κ3) is 5.59. The van der Waals surface area contributed by atoms with Crippen molar-refractivity contribution in [2.45, 2.75) is 59.3 Å². The Labute approximate surface area is 203 Å². The smallest absolute Gasteiger partial charge is 0.222 e. The van der Waals surface area contributed by atoms with Gasteiger partial charge in [0.15, 0.2) is 0 Å². The van der Waals surface area contributed by atoms with Crippen molar-refractivity contribution < 1.29 is 4.79 Å². The van der Waals surface area contributed by atoms with Crippen molar-refractivity contribution in [2.24, 2.45) is 5.92 Å². The van der Waals surface area contributed by atoms with E-state index in [4.69, 9.17) is 5.26 Å². The minimum atomic E-state index is 0.263. The normalized spacial score (nSPS) is 13.0. The number of aryl methyl sites for hydroxylation is 3. The Hall–Kier alpha value is -3.32. The van der Waals surface area contributed by atoms with Crippen molar-refractivity contribution >= 4 is 5.91 Å². The molecule has 176 valence electrons. The van der Waals surface area contributed by atoms with Crippen molar-refractivity contribution in [1.29, 1.82) is 5.26 Å². The van der Waals surface area contributed by atoms with Crippen LogP contribution in [-0.4, -0.2) is 28.5 Å². The Bertz CT molecular complexity index is 1180. The van der Waals surface area contributed by atoms with Crippen molar-refractivity contribution in [3.8, 4) is 23.0 Å². The van der Waals surface area contributed by atoms with Gasteiger partial charge in [0.2, 0.25) is 5.91 Å². The van der Waals surface area contributed by atoms with Crippen molar-refractivity contribution in [3.63, 3.8) is 0 Å².